The largest absolute Gasteiger partial charge is 0.465 e. The number of amidine groups is 1. The van der Waals surface area contributed by atoms with Gasteiger partial charge in [0.05, 0.1) is 18.7 Å². The molecule has 1 saturated heterocycles. The van der Waals surface area contributed by atoms with Crippen LogP contribution in [-0.2, 0) is 16.1 Å². The molecule has 0 aliphatic carbocycles. The lowest BCUT2D eigenvalue weighted by atomic mass is 9.97. The van der Waals surface area contributed by atoms with Gasteiger partial charge >= 0.3 is 12.0 Å². The highest BCUT2D eigenvalue weighted by molar-refractivity contribution is 5.95. The SMILES string of the molecule is COC(=O)c1cc(N)cc(C2CCNC(=O)N2CC(=O)NCc2ccc(C(=N)N)cc2)c1. The van der Waals surface area contributed by atoms with Gasteiger partial charge in [-0.1, -0.05) is 24.3 Å². The van der Waals surface area contributed by atoms with E-state index >= 15 is 0 Å². The first-order valence-electron chi connectivity index (χ1n) is 10.0. The Bertz CT molecular complexity index is 1040. The van der Waals surface area contributed by atoms with Crippen LogP contribution in [0.5, 0.6) is 0 Å². The molecule has 1 fully saturated rings. The minimum absolute atomic E-state index is 0.0281. The first kappa shape index (κ1) is 22.6. The molecule has 0 saturated carbocycles. The number of benzene rings is 2. The quantitative estimate of drug-likeness (QED) is 0.188. The number of nitrogens with zero attached hydrogens (tertiary/aromatic N) is 1. The molecule has 10 heteroatoms. The number of methoxy groups -OCH3 is 1. The van der Waals surface area contributed by atoms with Crippen molar-refractivity contribution in [2.45, 2.75) is 19.0 Å². The number of carbonyl (C=O) groups is 3. The van der Waals surface area contributed by atoms with Gasteiger partial charge in [0.25, 0.3) is 0 Å². The molecule has 3 rings (SSSR count). The Morgan fingerprint density at radius 1 is 1.22 bits per heavy atom. The molecule has 2 aromatic rings. The van der Waals surface area contributed by atoms with E-state index in [0.717, 1.165) is 5.56 Å². The highest BCUT2D eigenvalue weighted by Gasteiger charge is 2.31. The molecule has 1 unspecified atom stereocenters. The number of esters is 1. The maximum Gasteiger partial charge on any atom is 0.337 e. The lowest BCUT2D eigenvalue weighted by Gasteiger charge is -2.36. The van der Waals surface area contributed by atoms with Crippen molar-refractivity contribution < 1.29 is 19.1 Å². The number of nitrogen functional groups attached to an aromatic ring is 2. The fraction of sp³-hybridized carbons (Fsp3) is 0.273. The second-order valence-electron chi connectivity index (χ2n) is 7.43. The Morgan fingerprint density at radius 3 is 2.59 bits per heavy atom. The van der Waals surface area contributed by atoms with Crippen molar-refractivity contribution in [2.75, 3.05) is 25.9 Å². The van der Waals surface area contributed by atoms with Crippen LogP contribution in [0.3, 0.4) is 0 Å². The van der Waals surface area contributed by atoms with Crippen LogP contribution >= 0.6 is 0 Å². The van der Waals surface area contributed by atoms with Crippen molar-refractivity contribution in [3.05, 3.63) is 64.7 Å². The van der Waals surface area contributed by atoms with E-state index in [1.807, 2.05) is 0 Å². The van der Waals surface area contributed by atoms with Gasteiger partial charge in [-0.15, -0.1) is 0 Å². The van der Waals surface area contributed by atoms with Crippen LogP contribution in [0.1, 0.15) is 39.5 Å². The first-order valence-corrected chi connectivity index (χ1v) is 10.0. The van der Waals surface area contributed by atoms with Gasteiger partial charge < -0.3 is 31.7 Å². The molecule has 1 aliphatic heterocycles. The number of nitrogens with two attached hydrogens (primary N) is 2. The standard InChI is InChI=1S/C22H26N6O4/c1-32-21(30)16-8-15(9-17(23)10-16)18-6-7-26-22(31)28(18)12-19(29)27-11-13-2-4-14(5-3-13)20(24)25/h2-5,8-10,18H,6-7,11-12,23H2,1H3,(H3,24,25)(H,26,31)(H,27,29). The van der Waals surface area contributed by atoms with Gasteiger partial charge in [-0.3, -0.25) is 10.2 Å². The van der Waals surface area contributed by atoms with Gasteiger partial charge in [0.15, 0.2) is 0 Å². The van der Waals surface area contributed by atoms with E-state index < -0.39 is 12.0 Å². The number of nitrogens with one attached hydrogen (secondary N) is 3. The molecule has 2 aromatic carbocycles. The van der Waals surface area contributed by atoms with Crippen LogP contribution in [0, 0.1) is 5.41 Å². The van der Waals surface area contributed by atoms with E-state index in [-0.39, 0.29) is 36.4 Å². The molecule has 0 aromatic heterocycles. The molecule has 32 heavy (non-hydrogen) atoms. The number of ether oxygens (including phenoxy) is 1. The first-order chi connectivity index (χ1) is 15.3. The summed E-state index contributed by atoms with van der Waals surface area (Å²) in [5.74, 6) is -0.890. The van der Waals surface area contributed by atoms with Crippen LogP contribution in [0.25, 0.3) is 0 Å². The summed E-state index contributed by atoms with van der Waals surface area (Å²) >= 11 is 0. The number of rotatable bonds is 7. The Kier molecular flexibility index (Phi) is 6.93. The third-order valence-electron chi connectivity index (χ3n) is 5.18. The number of hydrogen-bond acceptors (Lipinski definition) is 6. The fourth-order valence-corrected chi connectivity index (χ4v) is 3.56. The van der Waals surface area contributed by atoms with Crippen LogP contribution in [0.15, 0.2) is 42.5 Å². The van der Waals surface area contributed by atoms with E-state index in [0.29, 0.717) is 29.8 Å². The highest BCUT2D eigenvalue weighted by atomic mass is 16.5. The van der Waals surface area contributed by atoms with Crippen molar-refractivity contribution in [1.29, 1.82) is 5.41 Å². The van der Waals surface area contributed by atoms with Crippen LogP contribution in [0.4, 0.5) is 10.5 Å². The zero-order chi connectivity index (χ0) is 23.3. The van der Waals surface area contributed by atoms with Crippen molar-refractivity contribution in [3.8, 4) is 0 Å². The van der Waals surface area contributed by atoms with E-state index in [1.54, 1.807) is 36.4 Å². The molecular formula is C22H26N6O4. The van der Waals surface area contributed by atoms with Gasteiger partial charge in [0, 0.05) is 24.3 Å². The van der Waals surface area contributed by atoms with Crippen molar-refractivity contribution >= 4 is 29.4 Å². The summed E-state index contributed by atoms with van der Waals surface area (Å²) in [5, 5.41) is 13.0. The zero-order valence-electron chi connectivity index (χ0n) is 17.7. The van der Waals surface area contributed by atoms with Crippen LogP contribution in [-0.4, -0.2) is 48.8 Å². The van der Waals surface area contributed by atoms with E-state index in [1.165, 1.54) is 18.1 Å². The number of hydrogen-bond donors (Lipinski definition) is 5. The molecule has 0 radical (unpaired) electrons. The molecule has 7 N–H and O–H groups in total. The summed E-state index contributed by atoms with van der Waals surface area (Å²) in [7, 11) is 1.28. The molecule has 10 nitrogen and oxygen atoms in total. The Morgan fingerprint density at radius 2 is 1.94 bits per heavy atom. The predicted octanol–water partition coefficient (Wildman–Crippen LogP) is 1.11. The van der Waals surface area contributed by atoms with Gasteiger partial charge in [-0.2, -0.15) is 0 Å². The third kappa shape index (κ3) is 5.34. The van der Waals surface area contributed by atoms with Gasteiger partial charge in [-0.25, -0.2) is 9.59 Å². The Balaban J connectivity index is 1.71. The molecular weight excluding hydrogens is 412 g/mol. The van der Waals surface area contributed by atoms with E-state index in [4.69, 9.17) is 21.6 Å². The molecule has 1 aliphatic rings. The number of amides is 3. The second-order valence-corrected chi connectivity index (χ2v) is 7.43. The zero-order valence-corrected chi connectivity index (χ0v) is 17.7. The number of anilines is 1. The lowest BCUT2D eigenvalue weighted by Crippen LogP contribution is -2.51. The molecule has 1 heterocycles. The van der Waals surface area contributed by atoms with Gasteiger partial charge in [0.2, 0.25) is 5.91 Å². The predicted molar refractivity (Wildman–Crippen MR) is 119 cm³/mol. The summed E-state index contributed by atoms with van der Waals surface area (Å²) in [5.41, 5.74) is 14.1. The average Bonchev–Trinajstić information content (AvgIpc) is 2.78. The Labute approximate surface area is 185 Å². The molecule has 3 amide bonds. The number of urea groups is 1. The van der Waals surface area contributed by atoms with Crippen LogP contribution < -0.4 is 22.1 Å². The molecule has 0 spiro atoms. The average molecular weight is 438 g/mol. The molecule has 168 valence electrons. The van der Waals surface area contributed by atoms with E-state index in [2.05, 4.69) is 10.6 Å². The van der Waals surface area contributed by atoms with Gasteiger partial charge in [-0.05, 0) is 35.7 Å². The minimum Gasteiger partial charge on any atom is -0.465 e. The summed E-state index contributed by atoms with van der Waals surface area (Å²) < 4.78 is 4.77. The summed E-state index contributed by atoms with van der Waals surface area (Å²) in [4.78, 5) is 38.5. The third-order valence-corrected chi connectivity index (χ3v) is 5.18. The normalized spacial score (nSPS) is 15.6. The minimum atomic E-state index is -0.529. The Hall–Kier alpha value is -4.08. The van der Waals surface area contributed by atoms with Crippen molar-refractivity contribution in [1.82, 2.24) is 15.5 Å². The summed E-state index contributed by atoms with van der Waals surface area (Å²) in [6.45, 7) is 0.540. The molecule has 0 bridgehead atoms. The van der Waals surface area contributed by atoms with Crippen molar-refractivity contribution in [2.24, 2.45) is 5.73 Å². The fourth-order valence-electron chi connectivity index (χ4n) is 3.56. The summed E-state index contributed by atoms with van der Waals surface area (Å²) in [6, 6.07) is 11.0. The monoisotopic (exact) mass is 438 g/mol. The van der Waals surface area contributed by atoms with E-state index in [9.17, 15) is 14.4 Å². The second kappa shape index (κ2) is 9.82. The maximum atomic E-state index is 12.6. The number of carbonyl (C=O) groups excluding carboxylic acids is 3. The smallest absolute Gasteiger partial charge is 0.337 e. The summed E-state index contributed by atoms with van der Waals surface area (Å²) in [6.07, 6.45) is 0.551. The van der Waals surface area contributed by atoms with Crippen LogP contribution in [0.2, 0.25) is 0 Å². The van der Waals surface area contributed by atoms with Gasteiger partial charge in [0.1, 0.15) is 12.4 Å². The lowest BCUT2D eigenvalue weighted by molar-refractivity contribution is -0.122. The van der Waals surface area contributed by atoms with Crippen molar-refractivity contribution in [3.63, 3.8) is 0 Å². The maximum absolute atomic E-state index is 12.6. The highest BCUT2D eigenvalue weighted by Crippen LogP contribution is 2.29. The topological polar surface area (TPSA) is 164 Å². The molecule has 1 atom stereocenters.